The van der Waals surface area contributed by atoms with E-state index in [1.54, 1.807) is 45.8 Å². The molecule has 6 aromatic rings. The molecule has 73 heavy (non-hydrogen) atoms. The second-order valence-corrected chi connectivity index (χ2v) is 20.7. The largest absolute Gasteiger partial charge is 0.416 e. The Morgan fingerprint density at radius 3 is 2.21 bits per heavy atom. The molecule has 1 aliphatic heterocycles. The van der Waals surface area contributed by atoms with Gasteiger partial charge in [0.25, 0.3) is 5.91 Å². The highest BCUT2D eigenvalue weighted by atomic mass is 32.1. The number of β-amino-alcohol motifs (C(OH)–C–C–N with tert-alkyl or cyclic N) is 1. The van der Waals surface area contributed by atoms with E-state index in [1.165, 1.54) is 17.0 Å². The summed E-state index contributed by atoms with van der Waals surface area (Å²) < 4.78 is 54.4. The second-order valence-electron chi connectivity index (χ2n) is 19.8. The summed E-state index contributed by atoms with van der Waals surface area (Å²) in [7, 11) is 1.76. The summed E-state index contributed by atoms with van der Waals surface area (Å²) in [5.41, 5.74) is 5.62. The quantitative estimate of drug-likeness (QED) is 0.0432. The van der Waals surface area contributed by atoms with E-state index in [1.807, 2.05) is 63.7 Å². The lowest BCUT2D eigenvalue weighted by Crippen LogP contribution is -2.57. The van der Waals surface area contributed by atoms with Gasteiger partial charge in [0.2, 0.25) is 17.7 Å². The molecule has 0 radical (unpaired) electrons. The van der Waals surface area contributed by atoms with E-state index < -0.39 is 35.3 Å². The van der Waals surface area contributed by atoms with Gasteiger partial charge in [-0.2, -0.15) is 18.3 Å². The average Bonchev–Trinajstić information content (AvgIpc) is 4.14. The molecule has 4 heterocycles. The zero-order valence-corrected chi connectivity index (χ0v) is 43.0. The molecule has 1 fully saturated rings. The van der Waals surface area contributed by atoms with E-state index in [9.17, 15) is 37.5 Å². The molecule has 2 unspecified atom stereocenters. The maximum Gasteiger partial charge on any atom is 0.416 e. The predicted molar refractivity (Wildman–Crippen MR) is 275 cm³/mol. The molecule has 1 aliphatic rings. The molecule has 4 amide bonds. The number of thiazole rings is 1. The van der Waals surface area contributed by atoms with E-state index >= 15 is 0 Å². The number of nitrogens with zero attached hydrogens (tertiary/aromatic N) is 5. The van der Waals surface area contributed by atoms with Crippen LogP contribution in [-0.2, 0) is 43.6 Å². The fourth-order valence-corrected chi connectivity index (χ4v) is 9.95. The standard InChI is InChI=1S/C54H67F3N8O7S/c1-35-47(73-34-60-35)37-16-14-36(15-17-37)31-59-51(69)45-30-41(66)32-64(45)52(70)48(53(2,3)4)61-46(67)13-11-9-7-6-8-10-12-25-71-27-28-72-26-24-58-50(68)38-18-23-44-42(29-38)43-33-63(5)62-49(43)65(44)40-21-19-39(20-22-40)54(55,56)57/h14-23,29,33-34,41,45,48,66H,6-13,24-28,30-32H2,1-5H3,(H,58,68)(H,59,69)(H,61,67)/t41?,45?,48-/m1/s1. The van der Waals surface area contributed by atoms with E-state index in [-0.39, 0.29) is 49.6 Å². The Labute approximate surface area is 427 Å². The molecule has 7 rings (SSSR count). The van der Waals surface area contributed by atoms with Gasteiger partial charge in [-0.1, -0.05) is 77.1 Å². The number of hydrogen-bond acceptors (Lipinski definition) is 10. The number of ether oxygens (including phenoxy) is 2. The number of carbonyl (C=O) groups is 4. The van der Waals surface area contributed by atoms with E-state index in [0.717, 1.165) is 83.1 Å². The van der Waals surface area contributed by atoms with Crippen molar-refractivity contribution in [3.8, 4) is 16.1 Å². The van der Waals surface area contributed by atoms with Crippen molar-refractivity contribution in [3.63, 3.8) is 0 Å². The highest BCUT2D eigenvalue weighted by Crippen LogP contribution is 2.35. The second kappa shape index (κ2) is 24.7. The molecule has 0 bridgehead atoms. The minimum absolute atomic E-state index is 0.0195. The third-order valence-corrected chi connectivity index (χ3v) is 14.0. The fourth-order valence-electron chi connectivity index (χ4n) is 9.14. The lowest BCUT2D eigenvalue weighted by molar-refractivity contribution is -0.144. The predicted octanol–water partition coefficient (Wildman–Crippen LogP) is 8.66. The Morgan fingerprint density at radius 2 is 1.53 bits per heavy atom. The molecule has 15 nitrogen and oxygen atoms in total. The van der Waals surface area contributed by atoms with Crippen LogP contribution in [0.2, 0.25) is 0 Å². The van der Waals surface area contributed by atoms with Crippen LogP contribution >= 0.6 is 11.3 Å². The smallest absolute Gasteiger partial charge is 0.391 e. The van der Waals surface area contributed by atoms with Crippen molar-refractivity contribution in [2.24, 2.45) is 12.5 Å². The van der Waals surface area contributed by atoms with E-state index in [0.29, 0.717) is 61.8 Å². The molecule has 0 aliphatic carbocycles. The Kier molecular flexibility index (Phi) is 18.5. The number of aromatic nitrogens is 4. The topological polar surface area (TPSA) is 182 Å². The zero-order valence-electron chi connectivity index (χ0n) is 42.2. The SMILES string of the molecule is Cc1ncsc1-c1ccc(CNC(=O)C2CC(O)CN2C(=O)[C@@H](NC(=O)CCCCCCCCCOCCOCCNC(=O)c2ccc3c(c2)c2cn(C)nc2n3-c2ccc(C(F)(F)F)cc2)C(C)(C)C)cc1. The molecule has 4 N–H and O–H groups in total. The van der Waals surface area contributed by atoms with Gasteiger partial charge in [-0.3, -0.25) is 28.4 Å². The van der Waals surface area contributed by atoms with Crippen LogP contribution in [0.1, 0.15) is 106 Å². The van der Waals surface area contributed by atoms with Crippen molar-refractivity contribution in [1.82, 2.24) is 40.2 Å². The van der Waals surface area contributed by atoms with E-state index in [4.69, 9.17) is 9.47 Å². The Hall–Kier alpha value is -6.15. The van der Waals surface area contributed by atoms with Gasteiger partial charge in [0.1, 0.15) is 12.1 Å². The number of aliphatic hydroxyl groups is 1. The third kappa shape index (κ3) is 14.3. The number of unbranched alkanes of at least 4 members (excludes halogenated alkanes) is 6. The number of amides is 4. The number of rotatable bonds is 24. The molecule has 19 heteroatoms. The summed E-state index contributed by atoms with van der Waals surface area (Å²) in [4.78, 5) is 60.4. The number of carbonyl (C=O) groups excluding carboxylic acids is 4. The highest BCUT2D eigenvalue weighted by Gasteiger charge is 2.44. The number of aliphatic hydroxyl groups excluding tert-OH is 1. The molecular formula is C54H67F3N8O7S. The number of likely N-dealkylation sites (tertiary alicyclic amines) is 1. The van der Waals surface area contributed by atoms with Crippen molar-refractivity contribution in [2.45, 2.75) is 116 Å². The molecule has 3 aromatic heterocycles. The number of fused-ring (bicyclic) bond motifs is 3. The number of aryl methyl sites for hydroxylation is 2. The summed E-state index contributed by atoms with van der Waals surface area (Å²) in [6.45, 7) is 9.95. The van der Waals surface area contributed by atoms with Crippen LogP contribution in [0.3, 0.4) is 0 Å². The minimum Gasteiger partial charge on any atom is -0.391 e. The molecule has 0 saturated carbocycles. The van der Waals surface area contributed by atoms with Gasteiger partial charge in [-0.25, -0.2) is 4.98 Å². The first kappa shape index (κ1) is 54.6. The van der Waals surface area contributed by atoms with Crippen LogP contribution in [0.5, 0.6) is 0 Å². The third-order valence-electron chi connectivity index (χ3n) is 13.1. The van der Waals surface area contributed by atoms with Gasteiger partial charge in [-0.05, 0) is 78.8 Å². The number of alkyl halides is 3. The monoisotopic (exact) mass is 1030 g/mol. The van der Waals surface area contributed by atoms with Gasteiger partial charge in [0.05, 0.1) is 53.1 Å². The maximum absolute atomic E-state index is 14.0. The molecule has 0 spiro atoms. The Bertz CT molecular complexity index is 2820. The van der Waals surface area contributed by atoms with Crippen LogP contribution < -0.4 is 16.0 Å². The van der Waals surface area contributed by atoms with Crippen molar-refractivity contribution < 1.29 is 46.9 Å². The van der Waals surface area contributed by atoms with Crippen LogP contribution in [0.4, 0.5) is 13.2 Å². The summed E-state index contributed by atoms with van der Waals surface area (Å²) in [6, 6.07) is 16.3. The van der Waals surface area contributed by atoms with Gasteiger partial charge in [0, 0.05) is 74.4 Å². The number of nitrogens with one attached hydrogen (secondary N) is 3. The summed E-state index contributed by atoms with van der Waals surface area (Å²) in [6.07, 6.45) is 3.53. The lowest BCUT2D eigenvalue weighted by Gasteiger charge is -2.35. The minimum atomic E-state index is -4.44. The van der Waals surface area contributed by atoms with Crippen LogP contribution in [-0.4, -0.2) is 111 Å². The average molecular weight is 1030 g/mol. The van der Waals surface area contributed by atoms with Crippen LogP contribution in [0, 0.1) is 12.3 Å². The van der Waals surface area contributed by atoms with Crippen molar-refractivity contribution in [1.29, 1.82) is 0 Å². The fraction of sp³-hybridized carbons (Fsp3) is 0.481. The number of hydrogen-bond donors (Lipinski definition) is 4. The molecular weight excluding hydrogens is 962 g/mol. The van der Waals surface area contributed by atoms with Gasteiger partial charge < -0.3 is 35.4 Å². The van der Waals surface area contributed by atoms with Crippen molar-refractivity contribution >= 4 is 56.9 Å². The first-order valence-corrected chi connectivity index (χ1v) is 25.9. The first-order chi connectivity index (χ1) is 34.9. The maximum atomic E-state index is 14.0. The Balaban J connectivity index is 0.723. The summed E-state index contributed by atoms with van der Waals surface area (Å²) >= 11 is 1.58. The number of benzene rings is 3. The normalized spacial score (nSPS) is 15.5. The summed E-state index contributed by atoms with van der Waals surface area (Å²) in [5.74, 6) is -1.21. The van der Waals surface area contributed by atoms with Gasteiger partial charge >= 0.3 is 6.18 Å². The zero-order chi connectivity index (χ0) is 52.3. The highest BCUT2D eigenvalue weighted by molar-refractivity contribution is 7.13. The first-order valence-electron chi connectivity index (χ1n) is 25.0. The van der Waals surface area contributed by atoms with Crippen molar-refractivity contribution in [3.05, 3.63) is 101 Å². The molecule has 3 aromatic carbocycles. The van der Waals surface area contributed by atoms with Gasteiger partial charge in [0.15, 0.2) is 5.65 Å². The summed E-state index contributed by atoms with van der Waals surface area (Å²) in [5, 5.41) is 25.4. The number of halogens is 3. The molecule has 392 valence electrons. The van der Waals surface area contributed by atoms with Crippen LogP contribution in [0.15, 0.2) is 78.4 Å². The van der Waals surface area contributed by atoms with E-state index in [2.05, 4.69) is 26.0 Å². The van der Waals surface area contributed by atoms with Crippen molar-refractivity contribution in [2.75, 3.05) is 39.5 Å². The molecule has 1 saturated heterocycles. The molecule has 3 atom stereocenters. The van der Waals surface area contributed by atoms with Gasteiger partial charge in [-0.15, -0.1) is 11.3 Å². The van der Waals surface area contributed by atoms with Crippen LogP contribution in [0.25, 0.3) is 38.1 Å². The Morgan fingerprint density at radius 1 is 0.849 bits per heavy atom. The lowest BCUT2D eigenvalue weighted by atomic mass is 9.85.